The first-order chi connectivity index (χ1) is 14.0. The summed E-state index contributed by atoms with van der Waals surface area (Å²) < 4.78 is 5.20. The molecule has 29 heavy (non-hydrogen) atoms. The van der Waals surface area contributed by atoms with Crippen LogP contribution in [0, 0.1) is 0 Å². The second-order valence-corrected chi connectivity index (χ2v) is 6.09. The highest BCUT2D eigenvalue weighted by Gasteiger charge is 2.18. The van der Waals surface area contributed by atoms with Crippen molar-refractivity contribution in [3.05, 3.63) is 72.1 Å². The molecule has 3 rings (SSSR count). The van der Waals surface area contributed by atoms with Crippen molar-refractivity contribution in [3.63, 3.8) is 0 Å². The van der Waals surface area contributed by atoms with Gasteiger partial charge in [0.05, 0.1) is 0 Å². The molecule has 0 fully saturated rings. The normalized spacial score (nSPS) is 11.3. The maximum atomic E-state index is 12.2. The first-order valence-corrected chi connectivity index (χ1v) is 8.86. The second-order valence-electron chi connectivity index (χ2n) is 6.09. The van der Waals surface area contributed by atoms with Gasteiger partial charge in [-0.15, -0.1) is 0 Å². The summed E-state index contributed by atoms with van der Waals surface area (Å²) >= 11 is 0. The van der Waals surface area contributed by atoms with Gasteiger partial charge in [-0.05, 0) is 31.2 Å². The summed E-state index contributed by atoms with van der Waals surface area (Å²) in [6.45, 7) is 1.33. The van der Waals surface area contributed by atoms with Crippen LogP contribution in [-0.2, 0) is 16.1 Å². The lowest BCUT2D eigenvalue weighted by Crippen LogP contribution is -2.39. The number of esters is 1. The van der Waals surface area contributed by atoms with Crippen molar-refractivity contribution in [2.24, 2.45) is 0 Å². The van der Waals surface area contributed by atoms with Crippen LogP contribution in [-0.4, -0.2) is 32.9 Å². The van der Waals surface area contributed by atoms with Crippen molar-refractivity contribution in [2.75, 3.05) is 11.1 Å². The highest BCUT2D eigenvalue weighted by atomic mass is 16.5. The molecule has 9 heteroatoms. The predicted octanol–water partition coefficient (Wildman–Crippen LogP) is 2.06. The van der Waals surface area contributed by atoms with Gasteiger partial charge in [0.15, 0.2) is 12.4 Å². The average Bonchev–Trinajstić information content (AvgIpc) is 2.73. The van der Waals surface area contributed by atoms with Gasteiger partial charge < -0.3 is 21.1 Å². The number of anilines is 3. The van der Waals surface area contributed by atoms with E-state index < -0.39 is 12.0 Å². The number of aromatic nitrogens is 3. The summed E-state index contributed by atoms with van der Waals surface area (Å²) in [5.74, 6) is -0.569. The standard InChI is InChI=1S/C20H20N6O3/c1-13(22-17(27)14-8-4-2-5-9-14)18(28)29-12-16-24-19(21)26-20(25-16)23-15-10-6-3-7-11-15/h2-11,13H,12H2,1H3,(H,22,27)(H3,21,23,24,25,26)/t13-/m0/s1. The van der Waals surface area contributed by atoms with E-state index in [1.807, 2.05) is 30.3 Å². The van der Waals surface area contributed by atoms with Crippen LogP contribution in [0.1, 0.15) is 23.1 Å². The molecule has 4 N–H and O–H groups in total. The molecule has 0 aliphatic rings. The van der Waals surface area contributed by atoms with Gasteiger partial charge in [-0.3, -0.25) is 4.79 Å². The first kappa shape index (κ1) is 19.7. The predicted molar refractivity (Wildman–Crippen MR) is 107 cm³/mol. The van der Waals surface area contributed by atoms with Crippen molar-refractivity contribution in [3.8, 4) is 0 Å². The lowest BCUT2D eigenvalue weighted by Gasteiger charge is -2.13. The zero-order chi connectivity index (χ0) is 20.6. The highest BCUT2D eigenvalue weighted by molar-refractivity contribution is 5.96. The van der Waals surface area contributed by atoms with Crippen LogP contribution in [0.5, 0.6) is 0 Å². The van der Waals surface area contributed by atoms with Crippen LogP contribution in [0.4, 0.5) is 17.6 Å². The van der Waals surface area contributed by atoms with Gasteiger partial charge in [0.25, 0.3) is 5.91 Å². The van der Waals surface area contributed by atoms with Crippen molar-refractivity contribution < 1.29 is 14.3 Å². The molecule has 1 atom stereocenters. The van der Waals surface area contributed by atoms with Crippen LogP contribution >= 0.6 is 0 Å². The Balaban J connectivity index is 1.57. The molecule has 0 aliphatic heterocycles. The molecular formula is C20H20N6O3. The Morgan fingerprint density at radius 3 is 2.34 bits per heavy atom. The summed E-state index contributed by atoms with van der Waals surface area (Å²) in [4.78, 5) is 36.5. The number of amides is 1. The number of carbonyl (C=O) groups is 2. The van der Waals surface area contributed by atoms with Crippen LogP contribution in [0.3, 0.4) is 0 Å². The van der Waals surface area contributed by atoms with E-state index in [4.69, 9.17) is 10.5 Å². The Labute approximate surface area is 167 Å². The quantitative estimate of drug-likeness (QED) is 0.521. The minimum Gasteiger partial charge on any atom is -0.456 e. The van der Waals surface area contributed by atoms with Crippen LogP contribution in [0.25, 0.3) is 0 Å². The van der Waals surface area contributed by atoms with Gasteiger partial charge in [-0.1, -0.05) is 36.4 Å². The topological polar surface area (TPSA) is 132 Å². The third-order valence-corrected chi connectivity index (χ3v) is 3.81. The number of ether oxygens (including phenoxy) is 1. The molecular weight excluding hydrogens is 372 g/mol. The number of hydrogen-bond acceptors (Lipinski definition) is 8. The maximum Gasteiger partial charge on any atom is 0.328 e. The molecule has 9 nitrogen and oxygen atoms in total. The Morgan fingerprint density at radius 2 is 1.66 bits per heavy atom. The number of hydrogen-bond donors (Lipinski definition) is 3. The number of benzene rings is 2. The van der Waals surface area contributed by atoms with Crippen LogP contribution < -0.4 is 16.4 Å². The number of nitrogens with one attached hydrogen (secondary N) is 2. The summed E-state index contributed by atoms with van der Waals surface area (Å²) in [7, 11) is 0. The number of nitrogen functional groups attached to an aromatic ring is 1. The van der Waals surface area contributed by atoms with E-state index in [0.717, 1.165) is 5.69 Å². The molecule has 2 aromatic carbocycles. The summed E-state index contributed by atoms with van der Waals surface area (Å²) in [6.07, 6.45) is 0. The van der Waals surface area contributed by atoms with Crippen LogP contribution in [0.2, 0.25) is 0 Å². The van der Waals surface area contributed by atoms with Gasteiger partial charge in [0.2, 0.25) is 11.9 Å². The monoisotopic (exact) mass is 392 g/mol. The molecule has 0 aliphatic carbocycles. The lowest BCUT2D eigenvalue weighted by atomic mass is 10.2. The molecule has 1 heterocycles. The summed E-state index contributed by atoms with van der Waals surface area (Å²) in [6, 6.07) is 17.0. The van der Waals surface area contributed by atoms with Crippen molar-refractivity contribution in [1.29, 1.82) is 0 Å². The number of nitrogens with zero attached hydrogens (tertiary/aromatic N) is 3. The molecule has 3 aromatic rings. The minimum absolute atomic E-state index is 0.00471. The van der Waals surface area contributed by atoms with Crippen molar-refractivity contribution >= 4 is 29.5 Å². The smallest absolute Gasteiger partial charge is 0.328 e. The van der Waals surface area contributed by atoms with Gasteiger partial charge in [0.1, 0.15) is 6.04 Å². The molecule has 1 aromatic heterocycles. The van der Waals surface area contributed by atoms with E-state index in [1.54, 1.807) is 30.3 Å². The minimum atomic E-state index is -0.844. The van der Waals surface area contributed by atoms with Gasteiger partial charge in [-0.2, -0.15) is 15.0 Å². The number of rotatable bonds is 7. The fourth-order valence-corrected chi connectivity index (χ4v) is 2.40. The number of carbonyl (C=O) groups excluding carboxylic acids is 2. The zero-order valence-electron chi connectivity index (χ0n) is 15.7. The van der Waals surface area contributed by atoms with Crippen molar-refractivity contribution in [2.45, 2.75) is 19.6 Å². The van der Waals surface area contributed by atoms with E-state index in [-0.39, 0.29) is 30.2 Å². The Morgan fingerprint density at radius 1 is 1.00 bits per heavy atom. The average molecular weight is 392 g/mol. The highest BCUT2D eigenvalue weighted by Crippen LogP contribution is 2.13. The Bertz CT molecular complexity index is 982. The Hall–Kier alpha value is -4.01. The molecule has 0 radical (unpaired) electrons. The lowest BCUT2D eigenvalue weighted by molar-refractivity contribution is -0.147. The summed E-state index contributed by atoms with van der Waals surface area (Å²) in [5, 5.41) is 5.58. The van der Waals surface area contributed by atoms with Gasteiger partial charge >= 0.3 is 5.97 Å². The number of nitrogens with two attached hydrogens (primary N) is 1. The molecule has 0 bridgehead atoms. The molecule has 0 saturated carbocycles. The molecule has 0 spiro atoms. The number of para-hydroxylation sites is 1. The third-order valence-electron chi connectivity index (χ3n) is 3.81. The molecule has 1 amide bonds. The summed E-state index contributed by atoms with van der Waals surface area (Å²) in [5.41, 5.74) is 6.94. The second kappa shape index (κ2) is 9.27. The van der Waals surface area contributed by atoms with E-state index >= 15 is 0 Å². The van der Waals surface area contributed by atoms with E-state index in [0.29, 0.717) is 5.56 Å². The SMILES string of the molecule is C[C@H](NC(=O)c1ccccc1)C(=O)OCc1nc(N)nc(Nc2ccccc2)n1. The molecule has 148 valence electrons. The Kier molecular flexibility index (Phi) is 6.31. The van der Waals surface area contributed by atoms with Crippen LogP contribution in [0.15, 0.2) is 60.7 Å². The third kappa shape index (κ3) is 5.73. The van der Waals surface area contributed by atoms with Gasteiger partial charge in [-0.25, -0.2) is 4.79 Å². The molecule has 0 saturated heterocycles. The maximum absolute atomic E-state index is 12.2. The van der Waals surface area contributed by atoms with E-state index in [1.165, 1.54) is 6.92 Å². The van der Waals surface area contributed by atoms with Gasteiger partial charge in [0, 0.05) is 11.3 Å². The van der Waals surface area contributed by atoms with E-state index in [2.05, 4.69) is 25.6 Å². The zero-order valence-corrected chi connectivity index (χ0v) is 15.7. The van der Waals surface area contributed by atoms with Crippen molar-refractivity contribution in [1.82, 2.24) is 20.3 Å². The molecule has 0 unspecified atom stereocenters. The first-order valence-electron chi connectivity index (χ1n) is 8.86. The van der Waals surface area contributed by atoms with E-state index in [9.17, 15) is 9.59 Å². The fourth-order valence-electron chi connectivity index (χ4n) is 2.40. The largest absolute Gasteiger partial charge is 0.456 e. The fraction of sp³-hybridized carbons (Fsp3) is 0.150.